The van der Waals surface area contributed by atoms with E-state index in [1.165, 1.54) is 12.1 Å². The molecule has 0 saturated heterocycles. The van der Waals surface area contributed by atoms with E-state index in [0.29, 0.717) is 0 Å². The van der Waals surface area contributed by atoms with E-state index in [0.717, 1.165) is 0 Å². The van der Waals surface area contributed by atoms with Crippen molar-refractivity contribution in [2.75, 3.05) is 0 Å². The zero-order valence-electron chi connectivity index (χ0n) is 12.7. The third-order valence-electron chi connectivity index (χ3n) is 2.69. The Morgan fingerprint density at radius 1 is 0.542 bits per heavy atom. The summed E-state index contributed by atoms with van der Waals surface area (Å²) in [6.07, 6.45) is 0. The molecule has 129 valence electrons. The van der Waals surface area contributed by atoms with E-state index in [9.17, 15) is 0 Å². The second-order valence-electron chi connectivity index (χ2n) is 4.53. The summed E-state index contributed by atoms with van der Waals surface area (Å²) in [7, 11) is -4.64. The summed E-state index contributed by atoms with van der Waals surface area (Å²) >= 11 is -1.05. The van der Waals surface area contributed by atoms with Gasteiger partial charge in [0.15, 0.2) is 0 Å². The van der Waals surface area contributed by atoms with Crippen molar-refractivity contribution in [1.82, 2.24) is 0 Å². The molecule has 0 atom stereocenters. The van der Waals surface area contributed by atoms with Crippen LogP contribution in [0.15, 0.2) is 91.0 Å². The summed E-state index contributed by atoms with van der Waals surface area (Å²) in [6.45, 7) is 0. The number of hydrogen-bond acceptors (Lipinski definition) is 1. The molecule has 0 spiro atoms. The molecular weight excluding hydrogens is 418 g/mol. The van der Waals surface area contributed by atoms with Crippen LogP contribution in [0, 0.1) is 0 Å². The molecule has 3 N–H and O–H groups in total. The summed E-state index contributed by atoms with van der Waals surface area (Å²) in [5.74, 6) is 0. The van der Waals surface area contributed by atoms with Gasteiger partial charge in [0.1, 0.15) is 0 Å². The van der Waals surface area contributed by atoms with E-state index < -0.39 is 24.6 Å². The average molecular weight is 436 g/mol. The van der Waals surface area contributed by atoms with Crippen LogP contribution in [0.5, 0.6) is 0 Å². The van der Waals surface area contributed by atoms with Gasteiger partial charge in [0.2, 0.25) is 0 Å². The fourth-order valence-electron chi connectivity index (χ4n) is 1.84. The van der Waals surface area contributed by atoms with Crippen LogP contribution in [0.1, 0.15) is 0 Å². The first-order chi connectivity index (χ1) is 11.4. The normalized spacial score (nSPS) is 11.2. The molecule has 0 aliphatic rings. The molecule has 4 nitrogen and oxygen atoms in total. The van der Waals surface area contributed by atoms with E-state index in [1.54, 1.807) is 0 Å². The molecule has 0 aliphatic heterocycles. The van der Waals surface area contributed by atoms with Crippen LogP contribution < -0.4 is 12.1 Å². The maximum atomic E-state index is 8.88. The molecule has 6 heteroatoms. The predicted octanol–water partition coefficient (Wildman–Crippen LogP) is 1.65. The Morgan fingerprint density at radius 2 is 0.750 bits per heavy atom. The van der Waals surface area contributed by atoms with Crippen LogP contribution >= 0.6 is 7.82 Å². The van der Waals surface area contributed by atoms with E-state index in [2.05, 4.69) is 91.0 Å². The van der Waals surface area contributed by atoms with Crippen molar-refractivity contribution in [2.45, 2.75) is 0 Å². The van der Waals surface area contributed by atoms with E-state index in [1.807, 2.05) is 0 Å². The fourth-order valence-corrected chi connectivity index (χ4v) is 5.85. The number of benzene rings is 3. The fraction of sp³-hybridized carbons (Fsp3) is 0. The zero-order valence-corrected chi connectivity index (χ0v) is 15.1. The molecule has 0 amide bonds. The molecule has 24 heavy (non-hydrogen) atoms. The van der Waals surface area contributed by atoms with E-state index in [-0.39, 0.29) is 0 Å². The first-order valence-corrected chi connectivity index (χ1v) is 10.9. The second kappa shape index (κ2) is 9.06. The Balaban J connectivity index is 0.000000368. The van der Waals surface area contributed by atoms with Gasteiger partial charge in [-0.2, -0.15) is 0 Å². The summed E-state index contributed by atoms with van der Waals surface area (Å²) in [5.41, 5.74) is 0. The summed E-state index contributed by atoms with van der Waals surface area (Å²) in [6, 6.07) is 32.6. The van der Waals surface area contributed by atoms with Crippen LogP contribution in [0.25, 0.3) is 0 Å². The van der Waals surface area contributed by atoms with Crippen molar-refractivity contribution in [2.24, 2.45) is 0 Å². The third-order valence-corrected chi connectivity index (χ3v) is 6.93. The molecule has 0 radical (unpaired) electrons. The molecular formula is C18H18O4PPd. The van der Waals surface area contributed by atoms with Crippen LogP contribution in [0.2, 0.25) is 0 Å². The van der Waals surface area contributed by atoms with Crippen molar-refractivity contribution in [3.05, 3.63) is 91.0 Å². The van der Waals surface area contributed by atoms with Crippen molar-refractivity contribution >= 4 is 19.9 Å². The van der Waals surface area contributed by atoms with Gasteiger partial charge < -0.3 is 14.7 Å². The standard InChI is InChI=1S/3C6H5.H3O4P.Pd/c3*1-2-4-6-5-3-1;1-5(2,3)4;/h3*1-5H;(H3,1,2,3,4);. The van der Waals surface area contributed by atoms with Crippen LogP contribution in [-0.4, -0.2) is 14.7 Å². The Labute approximate surface area is 147 Å². The van der Waals surface area contributed by atoms with Gasteiger partial charge in [-0.25, -0.2) is 4.57 Å². The Bertz CT molecular complexity index is 674. The first kappa shape index (κ1) is 18.8. The van der Waals surface area contributed by atoms with Gasteiger partial charge in [-0.1, -0.05) is 0 Å². The Hall–Kier alpha value is -1.57. The quantitative estimate of drug-likeness (QED) is 0.432. The van der Waals surface area contributed by atoms with Gasteiger partial charge in [0.25, 0.3) is 0 Å². The van der Waals surface area contributed by atoms with E-state index in [4.69, 9.17) is 19.2 Å². The van der Waals surface area contributed by atoms with Crippen LogP contribution in [-0.2, 0) is 21.3 Å². The molecule has 0 bridgehead atoms. The minimum absolute atomic E-state index is 1.05. The Morgan fingerprint density at radius 3 is 0.958 bits per heavy atom. The molecule has 0 aromatic heterocycles. The van der Waals surface area contributed by atoms with Crippen LogP contribution in [0.4, 0.5) is 0 Å². The molecule has 0 saturated carbocycles. The van der Waals surface area contributed by atoms with Gasteiger partial charge in [0.05, 0.1) is 0 Å². The summed E-state index contributed by atoms with van der Waals surface area (Å²) < 4.78 is 13.2. The number of rotatable bonds is 3. The summed E-state index contributed by atoms with van der Waals surface area (Å²) in [4.78, 5) is 21.6. The number of phosphoric acid groups is 1. The monoisotopic (exact) mass is 435 g/mol. The van der Waals surface area contributed by atoms with Crippen molar-refractivity contribution in [3.63, 3.8) is 0 Å². The molecule has 0 heterocycles. The average Bonchev–Trinajstić information content (AvgIpc) is 2.57. The van der Waals surface area contributed by atoms with Crippen molar-refractivity contribution < 1.29 is 36.0 Å². The SMILES string of the molecule is O=P(O)(O)O.c1cc[c]([Pd]([c]2ccccc2)[c]2ccccc2)cc1. The van der Waals surface area contributed by atoms with Gasteiger partial charge >= 0.3 is 128 Å². The molecule has 3 rings (SSSR count). The first-order valence-electron chi connectivity index (χ1n) is 6.99. The zero-order chi connectivity index (χ0) is 17.4. The van der Waals surface area contributed by atoms with Gasteiger partial charge in [-0.15, -0.1) is 0 Å². The number of hydrogen-bond donors (Lipinski definition) is 3. The Kier molecular flexibility index (Phi) is 7.08. The molecule has 3 aromatic rings. The van der Waals surface area contributed by atoms with E-state index >= 15 is 0 Å². The third kappa shape index (κ3) is 6.51. The van der Waals surface area contributed by atoms with Crippen molar-refractivity contribution in [3.8, 4) is 0 Å². The second-order valence-corrected chi connectivity index (χ2v) is 9.42. The molecule has 0 fully saturated rings. The molecule has 0 aliphatic carbocycles. The van der Waals surface area contributed by atoms with Gasteiger partial charge in [0, 0.05) is 0 Å². The maximum absolute atomic E-state index is 8.88. The summed E-state index contributed by atoms with van der Waals surface area (Å²) in [5, 5.41) is 0. The predicted molar refractivity (Wildman–Crippen MR) is 92.5 cm³/mol. The van der Waals surface area contributed by atoms with Crippen molar-refractivity contribution in [1.29, 1.82) is 0 Å². The minimum atomic E-state index is -4.64. The van der Waals surface area contributed by atoms with Gasteiger partial charge in [-0.3, -0.25) is 0 Å². The molecule has 0 unspecified atom stereocenters. The van der Waals surface area contributed by atoms with Crippen LogP contribution in [0.3, 0.4) is 0 Å². The topological polar surface area (TPSA) is 77.8 Å². The van der Waals surface area contributed by atoms with Gasteiger partial charge in [-0.05, 0) is 0 Å². The molecule has 3 aromatic carbocycles.